The number of carbonyl (C=O) groups is 1. The summed E-state index contributed by atoms with van der Waals surface area (Å²) in [5, 5.41) is 9.54. The number of fused-ring (bicyclic) bond motifs is 4. The number of piperidine rings is 2. The predicted molar refractivity (Wildman–Crippen MR) is 231 cm³/mol. The fourth-order valence-electron chi connectivity index (χ4n) is 7.79. The van der Waals surface area contributed by atoms with Crippen LogP contribution in [-0.4, -0.2) is 123 Å². The minimum Gasteiger partial charge on any atom is -0.474 e. The van der Waals surface area contributed by atoms with E-state index >= 15 is 0 Å². The Morgan fingerprint density at radius 3 is 1.55 bits per heavy atom. The van der Waals surface area contributed by atoms with Crippen molar-refractivity contribution in [3.63, 3.8) is 0 Å². The van der Waals surface area contributed by atoms with E-state index in [4.69, 9.17) is 35.8 Å². The zero-order valence-electron chi connectivity index (χ0n) is 36.8. The topological polar surface area (TPSA) is 222 Å². The summed E-state index contributed by atoms with van der Waals surface area (Å²) in [4.78, 5) is 30.7. The van der Waals surface area contributed by atoms with Crippen molar-refractivity contribution < 1.29 is 67.3 Å². The van der Waals surface area contributed by atoms with Gasteiger partial charge in [-0.1, -0.05) is 12.1 Å². The Bertz CT molecular complexity index is 2360. The fraction of sp³-hybridized carbons (Fsp3) is 0.500. The van der Waals surface area contributed by atoms with Gasteiger partial charge in [0.2, 0.25) is 11.8 Å². The molecule has 18 nitrogen and oxygen atoms in total. The molecule has 4 aromatic rings. The molecule has 0 aliphatic carbocycles. The lowest BCUT2D eigenvalue weighted by atomic mass is 9.92. The molecule has 67 heavy (non-hydrogen) atoms. The minimum absolute atomic E-state index is 0.0905. The number of morpholine rings is 2. The number of carbonyl (C=O) groups excluding carboxylic acids is 1. The quantitative estimate of drug-likeness (QED) is 0.159. The van der Waals surface area contributed by atoms with Crippen LogP contribution in [0.15, 0.2) is 49.1 Å². The van der Waals surface area contributed by atoms with Crippen LogP contribution in [0.2, 0.25) is 0 Å². The van der Waals surface area contributed by atoms with Gasteiger partial charge in [-0.2, -0.15) is 30.0 Å². The first kappa shape index (κ1) is 52.2. The third kappa shape index (κ3) is 14.6. The van der Waals surface area contributed by atoms with E-state index < -0.39 is 59.4 Å². The summed E-state index contributed by atoms with van der Waals surface area (Å²) in [5.41, 5.74) is 3.64. The number of aromatic nitrogens is 4. The summed E-state index contributed by atoms with van der Waals surface area (Å²) in [6.45, 7) is 9.82. The monoisotopic (exact) mass is 984 g/mol. The van der Waals surface area contributed by atoms with Gasteiger partial charge in [0.15, 0.2) is 6.10 Å². The molecule has 0 saturated carbocycles. The van der Waals surface area contributed by atoms with Gasteiger partial charge in [0.05, 0.1) is 61.0 Å². The average molecular weight is 985 g/mol. The van der Waals surface area contributed by atoms with E-state index in [0.29, 0.717) is 59.6 Å². The lowest BCUT2D eigenvalue weighted by Crippen LogP contribution is -2.61. The number of alkyl halides is 3. The fourth-order valence-corrected chi connectivity index (χ4v) is 7.79. The molecule has 3 N–H and O–H groups in total. The molecule has 0 spiro atoms. The molecule has 4 saturated heterocycles. The summed E-state index contributed by atoms with van der Waals surface area (Å²) in [5.74, 6) is 1.04. The molecule has 4 bridgehead atoms. The third-order valence-corrected chi connectivity index (χ3v) is 11.0. The Labute approximate surface area is 389 Å². The molecule has 4 aliphatic heterocycles. The maximum absolute atomic E-state index is 14.3. The third-order valence-electron chi connectivity index (χ3n) is 11.0. The molecule has 364 valence electrons. The Hall–Kier alpha value is -5.76. The lowest BCUT2D eigenvalue weighted by Gasteiger charge is -2.47. The van der Waals surface area contributed by atoms with Crippen molar-refractivity contribution in [3.8, 4) is 11.8 Å². The molecule has 25 heteroatoms. The van der Waals surface area contributed by atoms with Crippen LogP contribution in [0.1, 0.15) is 54.9 Å². The molecule has 4 aliphatic rings. The normalized spacial score (nSPS) is 22.0. The van der Waals surface area contributed by atoms with Gasteiger partial charge >= 0.3 is 35.4 Å². The molecule has 5 unspecified atom stereocenters. The Kier molecular flexibility index (Phi) is 19.0. The van der Waals surface area contributed by atoms with Crippen molar-refractivity contribution in [2.75, 3.05) is 37.1 Å². The molecular formula is C42H49F5N8O10S2. The Morgan fingerprint density at radius 1 is 0.716 bits per heavy atom. The second kappa shape index (κ2) is 24.3. The van der Waals surface area contributed by atoms with Crippen molar-refractivity contribution >= 4 is 52.2 Å². The van der Waals surface area contributed by atoms with Gasteiger partial charge in [-0.15, -0.1) is 0 Å². The van der Waals surface area contributed by atoms with E-state index in [2.05, 4.69) is 40.6 Å². The zero-order chi connectivity index (χ0) is 48.8. The summed E-state index contributed by atoms with van der Waals surface area (Å²) in [7, 11) is 0. The molecule has 2 aromatic heterocycles. The highest BCUT2D eigenvalue weighted by atomic mass is 32.1. The number of rotatable bonds is 9. The Balaban J connectivity index is 0.000000232. The van der Waals surface area contributed by atoms with Crippen LogP contribution in [-0.2, 0) is 37.4 Å². The van der Waals surface area contributed by atoms with Gasteiger partial charge < -0.3 is 39.6 Å². The first-order valence-corrected chi connectivity index (χ1v) is 22.1. The summed E-state index contributed by atoms with van der Waals surface area (Å²) in [6.07, 6.45) is -2.98. The molecular weight excluding hydrogens is 936 g/mol. The zero-order valence-corrected chi connectivity index (χ0v) is 38.5. The number of aryl methyl sites for hydroxylation is 2. The molecule has 1 amide bonds. The number of amides is 1. The van der Waals surface area contributed by atoms with Crippen molar-refractivity contribution in [2.24, 2.45) is 0 Å². The highest BCUT2D eigenvalue weighted by Crippen LogP contribution is 2.35. The van der Waals surface area contributed by atoms with Crippen LogP contribution in [0, 0.1) is 39.3 Å². The SMILES string of the molecule is Cc1ccc(Nc2ncnc(OC3CC4COCC(C3)N4)c2C)c(F)c1.Cc1ccc(Nc2ncnc(OC3CC4COCC(C3)N4C(=O)OC(C)C(F)(F)F)c2C)c(F)c1.O=S=O.O=S=O. The van der Waals surface area contributed by atoms with Gasteiger partial charge in [0, 0.05) is 37.8 Å². The Morgan fingerprint density at radius 2 is 1.13 bits per heavy atom. The van der Waals surface area contributed by atoms with Crippen molar-refractivity contribution in [1.82, 2.24) is 30.2 Å². The van der Waals surface area contributed by atoms with E-state index in [0.717, 1.165) is 49.7 Å². The van der Waals surface area contributed by atoms with Crippen molar-refractivity contribution in [3.05, 3.63) is 82.9 Å². The first-order valence-electron chi connectivity index (χ1n) is 20.8. The number of halogens is 5. The van der Waals surface area contributed by atoms with Crippen molar-refractivity contribution in [1.29, 1.82) is 0 Å². The van der Waals surface area contributed by atoms with Gasteiger partial charge in [-0.05, 0) is 70.0 Å². The van der Waals surface area contributed by atoms with Gasteiger partial charge in [-0.3, -0.25) is 4.90 Å². The first-order chi connectivity index (χ1) is 31.9. The number of anilines is 4. The van der Waals surface area contributed by atoms with Gasteiger partial charge in [0.25, 0.3) is 0 Å². The second-order valence-corrected chi connectivity index (χ2v) is 16.3. The van der Waals surface area contributed by atoms with Crippen LogP contribution < -0.4 is 25.4 Å². The second-order valence-electron chi connectivity index (χ2n) is 16.0. The molecule has 5 atom stereocenters. The standard InChI is InChI=1S/C23H26F4N4O4.C19H23FN4O2.2O2S/c1-12-4-5-19(18(24)6-12)30-20-13(2)21(29-11-28-20)35-17-7-15-9-33-10-16(8-17)31(15)22(32)34-14(3)23(25,26)27;1-11-3-4-17(16(20)5-11)24-18-12(2)19(22-10-21-18)26-15-6-13-8-25-9-14(7-15)23-13;2*1-3-2/h4-6,11,14-17H,7-10H2,1-3H3,(H,28,29,30);3-5,10,13-15,23H,6-9H2,1-2H3,(H,21,22,24);;. The average Bonchev–Trinajstić information content (AvgIpc) is 3.25. The van der Waals surface area contributed by atoms with Gasteiger partial charge in [-0.25, -0.2) is 33.5 Å². The highest BCUT2D eigenvalue weighted by Gasteiger charge is 2.46. The number of hydrogen-bond donors (Lipinski definition) is 3. The smallest absolute Gasteiger partial charge is 0.425 e. The predicted octanol–water partition coefficient (Wildman–Crippen LogP) is 6.21. The van der Waals surface area contributed by atoms with Crippen molar-refractivity contribution in [2.45, 2.75) is 109 Å². The number of ether oxygens (including phenoxy) is 5. The maximum atomic E-state index is 14.3. The number of nitrogens with zero attached hydrogens (tertiary/aromatic N) is 5. The largest absolute Gasteiger partial charge is 0.474 e. The molecule has 4 fully saturated rings. The van der Waals surface area contributed by atoms with Crippen LogP contribution >= 0.6 is 0 Å². The van der Waals surface area contributed by atoms with Gasteiger partial charge in [0.1, 0.15) is 48.1 Å². The van der Waals surface area contributed by atoms with E-state index in [9.17, 15) is 26.7 Å². The van der Waals surface area contributed by atoms with Crippen LogP contribution in [0.5, 0.6) is 11.8 Å². The number of nitrogens with one attached hydrogen (secondary N) is 3. The molecule has 2 aromatic carbocycles. The molecule has 0 radical (unpaired) electrons. The molecule has 8 rings (SSSR count). The minimum atomic E-state index is -4.64. The van der Waals surface area contributed by atoms with E-state index in [1.54, 1.807) is 32.0 Å². The maximum Gasteiger partial charge on any atom is 0.425 e. The number of benzene rings is 2. The summed E-state index contributed by atoms with van der Waals surface area (Å²) < 4.78 is 128. The molecule has 6 heterocycles. The van der Waals surface area contributed by atoms with E-state index in [1.807, 2.05) is 19.9 Å². The van der Waals surface area contributed by atoms with Crippen LogP contribution in [0.4, 0.5) is 49.8 Å². The summed E-state index contributed by atoms with van der Waals surface area (Å²) >= 11 is -1.50. The van der Waals surface area contributed by atoms with Crippen LogP contribution in [0.25, 0.3) is 0 Å². The highest BCUT2D eigenvalue weighted by molar-refractivity contribution is 7.51. The lowest BCUT2D eigenvalue weighted by molar-refractivity contribution is -0.203. The van der Waals surface area contributed by atoms with E-state index in [1.165, 1.54) is 29.7 Å². The number of hydrogen-bond acceptors (Lipinski definition) is 17. The van der Waals surface area contributed by atoms with Crippen LogP contribution in [0.3, 0.4) is 0 Å². The summed E-state index contributed by atoms with van der Waals surface area (Å²) in [6, 6.07) is 9.51. The van der Waals surface area contributed by atoms with E-state index in [-0.39, 0.29) is 36.9 Å².